The quantitative estimate of drug-likeness (QED) is 0.613. The van der Waals surface area contributed by atoms with Crippen molar-refractivity contribution in [1.29, 1.82) is 0 Å². The third-order valence-electron chi connectivity index (χ3n) is 2.78. The Morgan fingerprint density at radius 3 is 2.45 bits per heavy atom. The molecule has 2 aromatic rings. The number of carbonyl (C=O) groups excluding carboxylic acids is 1. The Kier molecular flexibility index (Phi) is 3.57. The van der Waals surface area contributed by atoms with Crippen molar-refractivity contribution in [3.63, 3.8) is 0 Å². The molecule has 0 saturated carbocycles. The van der Waals surface area contributed by atoms with Gasteiger partial charge in [-0.2, -0.15) is 13.2 Å². The minimum Gasteiger partial charge on any atom is -0.294 e. The van der Waals surface area contributed by atoms with Crippen LogP contribution in [0.1, 0.15) is 22.8 Å². The lowest BCUT2D eigenvalue weighted by Gasteiger charge is -2.14. The molecule has 0 radical (unpaired) electrons. The van der Waals surface area contributed by atoms with E-state index in [1.807, 2.05) is 0 Å². The van der Waals surface area contributed by atoms with Gasteiger partial charge in [-0.15, -0.1) is 0 Å². The van der Waals surface area contributed by atoms with Gasteiger partial charge in [0.2, 0.25) is 0 Å². The molecule has 0 aliphatic rings. The van der Waals surface area contributed by atoms with Crippen LogP contribution in [0.15, 0.2) is 36.7 Å². The van der Waals surface area contributed by atoms with Crippen LogP contribution in [0.5, 0.6) is 0 Å². The van der Waals surface area contributed by atoms with Crippen LogP contribution in [-0.2, 0) is 6.18 Å². The van der Waals surface area contributed by atoms with Crippen LogP contribution in [0.25, 0.3) is 11.1 Å². The van der Waals surface area contributed by atoms with E-state index < -0.39 is 23.3 Å². The lowest BCUT2D eigenvalue weighted by molar-refractivity contribution is -0.137. The summed E-state index contributed by atoms with van der Waals surface area (Å²) < 4.78 is 52.2. The van der Waals surface area contributed by atoms with Gasteiger partial charge in [0.1, 0.15) is 5.82 Å². The fraction of sp³-hybridized carbons (Fsp3) is 0.143. The number of pyridine rings is 1. The molecule has 0 N–H and O–H groups in total. The third-order valence-corrected chi connectivity index (χ3v) is 2.78. The summed E-state index contributed by atoms with van der Waals surface area (Å²) in [6.45, 7) is 1.21. The maximum Gasteiger partial charge on any atom is 0.417 e. The number of hydrogen-bond donors (Lipinski definition) is 0. The number of ketones is 1. The Hall–Kier alpha value is -2.24. The molecule has 1 aromatic carbocycles. The Balaban J connectivity index is 2.75. The van der Waals surface area contributed by atoms with E-state index in [-0.39, 0.29) is 16.7 Å². The summed E-state index contributed by atoms with van der Waals surface area (Å²) in [5.74, 6) is -1.17. The normalized spacial score (nSPS) is 11.4. The van der Waals surface area contributed by atoms with E-state index in [1.165, 1.54) is 13.0 Å². The summed E-state index contributed by atoms with van der Waals surface area (Å²) in [5.41, 5.74) is -1.37. The van der Waals surface area contributed by atoms with Gasteiger partial charge in [-0.3, -0.25) is 9.78 Å². The van der Waals surface area contributed by atoms with Crippen molar-refractivity contribution >= 4 is 5.78 Å². The number of aromatic nitrogens is 1. The minimum atomic E-state index is -4.61. The highest BCUT2D eigenvalue weighted by Gasteiger charge is 2.34. The molecule has 0 bridgehead atoms. The smallest absolute Gasteiger partial charge is 0.294 e. The molecule has 0 spiro atoms. The molecule has 104 valence electrons. The molecule has 0 atom stereocenters. The van der Waals surface area contributed by atoms with E-state index in [2.05, 4.69) is 4.98 Å². The topological polar surface area (TPSA) is 30.0 Å². The van der Waals surface area contributed by atoms with Crippen molar-refractivity contribution in [3.8, 4) is 11.1 Å². The van der Waals surface area contributed by atoms with E-state index in [4.69, 9.17) is 0 Å². The van der Waals surface area contributed by atoms with Crippen LogP contribution in [0.4, 0.5) is 17.6 Å². The van der Waals surface area contributed by atoms with Crippen LogP contribution < -0.4 is 0 Å². The molecular weight excluding hydrogens is 274 g/mol. The summed E-state index contributed by atoms with van der Waals surface area (Å²) in [4.78, 5) is 15.1. The van der Waals surface area contributed by atoms with Gasteiger partial charge in [0, 0.05) is 23.5 Å². The SMILES string of the molecule is CC(=O)c1ccc(F)cc1-c1cnccc1C(F)(F)F. The lowest BCUT2D eigenvalue weighted by Crippen LogP contribution is -2.09. The number of halogens is 4. The second kappa shape index (κ2) is 5.03. The van der Waals surface area contributed by atoms with Crippen LogP contribution >= 0.6 is 0 Å². The first-order chi connectivity index (χ1) is 9.30. The molecule has 2 rings (SSSR count). The molecular formula is C14H9F4NO. The zero-order valence-electron chi connectivity index (χ0n) is 10.3. The molecule has 0 amide bonds. The summed E-state index contributed by atoms with van der Waals surface area (Å²) in [6, 6.07) is 3.90. The van der Waals surface area contributed by atoms with Gasteiger partial charge in [0.25, 0.3) is 0 Å². The maximum absolute atomic E-state index is 13.3. The predicted molar refractivity (Wildman–Crippen MR) is 64.6 cm³/mol. The minimum absolute atomic E-state index is 0.0184. The number of benzene rings is 1. The van der Waals surface area contributed by atoms with E-state index in [1.54, 1.807) is 0 Å². The standard InChI is InChI=1S/C14H9F4NO/c1-8(20)10-3-2-9(15)6-11(10)12-7-19-5-4-13(12)14(16,17)18/h2-7H,1H3. The van der Waals surface area contributed by atoms with E-state index >= 15 is 0 Å². The zero-order chi connectivity index (χ0) is 14.9. The highest BCUT2D eigenvalue weighted by atomic mass is 19.4. The molecule has 6 heteroatoms. The van der Waals surface area contributed by atoms with Crippen molar-refractivity contribution in [2.75, 3.05) is 0 Å². The first kappa shape index (κ1) is 14.2. The molecule has 1 heterocycles. The van der Waals surface area contributed by atoms with E-state index in [0.29, 0.717) is 0 Å². The molecule has 0 aliphatic heterocycles. The summed E-state index contributed by atoms with van der Waals surface area (Å²) in [5, 5.41) is 0. The van der Waals surface area contributed by atoms with Gasteiger partial charge in [0.05, 0.1) is 5.56 Å². The molecule has 0 saturated heterocycles. The van der Waals surface area contributed by atoms with Crippen molar-refractivity contribution in [3.05, 3.63) is 53.6 Å². The van der Waals surface area contributed by atoms with Gasteiger partial charge < -0.3 is 0 Å². The fourth-order valence-corrected chi connectivity index (χ4v) is 1.90. The largest absolute Gasteiger partial charge is 0.417 e. The fourth-order valence-electron chi connectivity index (χ4n) is 1.90. The average molecular weight is 283 g/mol. The number of hydrogen-bond acceptors (Lipinski definition) is 2. The maximum atomic E-state index is 13.3. The third kappa shape index (κ3) is 2.68. The Morgan fingerprint density at radius 1 is 1.15 bits per heavy atom. The van der Waals surface area contributed by atoms with E-state index in [9.17, 15) is 22.4 Å². The summed E-state index contributed by atoms with van der Waals surface area (Å²) in [7, 11) is 0. The monoisotopic (exact) mass is 283 g/mol. The second-order valence-corrected chi connectivity index (χ2v) is 4.17. The van der Waals surface area contributed by atoms with Crippen molar-refractivity contribution in [1.82, 2.24) is 4.98 Å². The average Bonchev–Trinajstić information content (AvgIpc) is 2.37. The Labute approximate surface area is 112 Å². The van der Waals surface area contributed by atoms with Crippen molar-refractivity contribution in [2.45, 2.75) is 13.1 Å². The Bertz CT molecular complexity index is 664. The van der Waals surface area contributed by atoms with Gasteiger partial charge in [-0.1, -0.05) is 0 Å². The van der Waals surface area contributed by atoms with Crippen LogP contribution in [0.3, 0.4) is 0 Å². The highest BCUT2D eigenvalue weighted by Crippen LogP contribution is 2.37. The van der Waals surface area contributed by atoms with Gasteiger partial charge >= 0.3 is 6.18 Å². The highest BCUT2D eigenvalue weighted by molar-refractivity contribution is 6.01. The summed E-state index contributed by atoms with van der Waals surface area (Å²) >= 11 is 0. The number of carbonyl (C=O) groups is 1. The van der Waals surface area contributed by atoms with Gasteiger partial charge in [-0.05, 0) is 36.8 Å². The molecule has 1 aromatic heterocycles. The molecule has 0 aliphatic carbocycles. The first-order valence-electron chi connectivity index (χ1n) is 5.63. The second-order valence-electron chi connectivity index (χ2n) is 4.17. The molecule has 0 unspecified atom stereocenters. The Morgan fingerprint density at radius 2 is 1.85 bits per heavy atom. The van der Waals surface area contributed by atoms with Crippen molar-refractivity contribution in [2.24, 2.45) is 0 Å². The number of nitrogens with zero attached hydrogens (tertiary/aromatic N) is 1. The number of Topliss-reactive ketones (excluding diaryl/α,β-unsaturated/α-hetero) is 1. The number of alkyl halides is 3. The molecule has 20 heavy (non-hydrogen) atoms. The van der Waals surface area contributed by atoms with Gasteiger partial charge in [0.15, 0.2) is 5.78 Å². The number of rotatable bonds is 2. The van der Waals surface area contributed by atoms with Crippen LogP contribution in [0.2, 0.25) is 0 Å². The van der Waals surface area contributed by atoms with Gasteiger partial charge in [-0.25, -0.2) is 4.39 Å². The first-order valence-corrected chi connectivity index (χ1v) is 5.63. The molecule has 0 fully saturated rings. The summed E-state index contributed by atoms with van der Waals surface area (Å²) in [6.07, 6.45) is -2.64. The van der Waals surface area contributed by atoms with E-state index in [0.717, 1.165) is 30.6 Å². The van der Waals surface area contributed by atoms with Crippen LogP contribution in [-0.4, -0.2) is 10.8 Å². The lowest BCUT2D eigenvalue weighted by atomic mass is 9.95. The van der Waals surface area contributed by atoms with Crippen molar-refractivity contribution < 1.29 is 22.4 Å². The zero-order valence-corrected chi connectivity index (χ0v) is 10.3. The predicted octanol–water partition coefficient (Wildman–Crippen LogP) is 4.11. The molecule has 2 nitrogen and oxygen atoms in total. The van der Waals surface area contributed by atoms with Crippen LogP contribution in [0, 0.1) is 5.82 Å².